The molecule has 0 radical (unpaired) electrons. The first kappa shape index (κ1) is 20.0. The lowest BCUT2D eigenvalue weighted by Crippen LogP contribution is -2.48. The summed E-state index contributed by atoms with van der Waals surface area (Å²) in [6.07, 6.45) is 3.59. The number of ether oxygens (including phenoxy) is 1. The van der Waals surface area contributed by atoms with E-state index >= 15 is 0 Å². The molecule has 1 rings (SSSR count). The van der Waals surface area contributed by atoms with E-state index < -0.39 is 0 Å². The van der Waals surface area contributed by atoms with E-state index in [1.54, 1.807) is 0 Å². The van der Waals surface area contributed by atoms with Crippen molar-refractivity contribution in [1.29, 1.82) is 0 Å². The van der Waals surface area contributed by atoms with Gasteiger partial charge in [0.05, 0.1) is 0 Å². The van der Waals surface area contributed by atoms with Crippen LogP contribution in [0.4, 0.5) is 0 Å². The van der Waals surface area contributed by atoms with Crippen LogP contribution in [0.15, 0.2) is 4.99 Å². The van der Waals surface area contributed by atoms with Crippen molar-refractivity contribution in [3.05, 3.63) is 0 Å². The third-order valence-electron chi connectivity index (χ3n) is 3.58. The van der Waals surface area contributed by atoms with Crippen molar-refractivity contribution in [2.24, 2.45) is 16.8 Å². The molecule has 0 bridgehead atoms. The topological polar surface area (TPSA) is 36.9 Å². The SMILES string of the molecule is CCOCCCCNC(=NC)N1CC(C)CC(C)C1.I. The van der Waals surface area contributed by atoms with Crippen molar-refractivity contribution >= 4 is 29.9 Å². The number of aliphatic imine (C=N–C) groups is 1. The highest BCUT2D eigenvalue weighted by molar-refractivity contribution is 14.0. The van der Waals surface area contributed by atoms with Crippen LogP contribution in [0.2, 0.25) is 0 Å². The third-order valence-corrected chi connectivity index (χ3v) is 3.58. The van der Waals surface area contributed by atoms with Crippen molar-refractivity contribution in [3.63, 3.8) is 0 Å². The maximum Gasteiger partial charge on any atom is 0.193 e. The highest BCUT2D eigenvalue weighted by Gasteiger charge is 2.23. The molecule has 0 aromatic rings. The average Bonchev–Trinajstić information content (AvgIpc) is 2.37. The molecule has 1 heterocycles. The maximum atomic E-state index is 5.34. The summed E-state index contributed by atoms with van der Waals surface area (Å²) in [5.74, 6) is 2.59. The van der Waals surface area contributed by atoms with Gasteiger partial charge in [-0.3, -0.25) is 4.99 Å². The Bertz CT molecular complexity index is 264. The Morgan fingerprint density at radius 2 is 1.90 bits per heavy atom. The molecule has 1 saturated heterocycles. The summed E-state index contributed by atoms with van der Waals surface area (Å²) in [5, 5.41) is 3.48. The van der Waals surface area contributed by atoms with Gasteiger partial charge in [0.25, 0.3) is 0 Å². The second kappa shape index (κ2) is 11.6. The molecule has 0 aromatic heterocycles. The highest BCUT2D eigenvalue weighted by atomic mass is 127. The number of hydrogen-bond acceptors (Lipinski definition) is 2. The molecule has 120 valence electrons. The van der Waals surface area contributed by atoms with Gasteiger partial charge < -0.3 is 15.0 Å². The van der Waals surface area contributed by atoms with Crippen LogP contribution in [0, 0.1) is 11.8 Å². The first-order valence-corrected chi connectivity index (χ1v) is 7.70. The molecule has 2 unspecified atom stereocenters. The molecule has 0 spiro atoms. The van der Waals surface area contributed by atoms with Gasteiger partial charge in [0.1, 0.15) is 0 Å². The molecule has 1 fully saturated rings. The minimum absolute atomic E-state index is 0. The van der Waals surface area contributed by atoms with Gasteiger partial charge in [-0.25, -0.2) is 0 Å². The van der Waals surface area contributed by atoms with Crippen LogP contribution >= 0.6 is 24.0 Å². The number of nitrogens with one attached hydrogen (secondary N) is 1. The normalized spacial score (nSPS) is 23.4. The molecule has 20 heavy (non-hydrogen) atoms. The third kappa shape index (κ3) is 7.67. The monoisotopic (exact) mass is 397 g/mol. The van der Waals surface area contributed by atoms with Crippen LogP contribution in [0.3, 0.4) is 0 Å². The van der Waals surface area contributed by atoms with Gasteiger partial charge in [-0.2, -0.15) is 0 Å². The first-order chi connectivity index (χ1) is 9.17. The second-order valence-electron chi connectivity index (χ2n) is 5.73. The van der Waals surface area contributed by atoms with Crippen LogP contribution in [0.25, 0.3) is 0 Å². The Labute approximate surface area is 141 Å². The summed E-state index contributed by atoms with van der Waals surface area (Å²) < 4.78 is 5.34. The Hall–Kier alpha value is -0.0400. The molecule has 1 aliphatic rings. The van der Waals surface area contributed by atoms with E-state index in [2.05, 4.69) is 29.1 Å². The fourth-order valence-corrected chi connectivity index (χ4v) is 2.84. The predicted octanol–water partition coefficient (Wildman–Crippen LogP) is 2.97. The Morgan fingerprint density at radius 1 is 1.25 bits per heavy atom. The van der Waals surface area contributed by atoms with Gasteiger partial charge in [0, 0.05) is 39.9 Å². The Morgan fingerprint density at radius 3 is 2.45 bits per heavy atom. The Kier molecular flexibility index (Phi) is 11.6. The van der Waals surface area contributed by atoms with Crippen molar-refractivity contribution in [2.75, 3.05) is 39.9 Å². The molecule has 5 heteroatoms. The molecular formula is C15H32IN3O. The summed E-state index contributed by atoms with van der Waals surface area (Å²) >= 11 is 0. The number of nitrogens with zero attached hydrogens (tertiary/aromatic N) is 2. The Balaban J connectivity index is 0.00000361. The smallest absolute Gasteiger partial charge is 0.193 e. The molecule has 0 amide bonds. The van der Waals surface area contributed by atoms with E-state index in [9.17, 15) is 0 Å². The standard InChI is InChI=1S/C15H31N3O.HI/c1-5-19-9-7-6-8-17-15(16-4)18-11-13(2)10-14(3)12-18;/h13-14H,5-12H2,1-4H3,(H,16,17);1H. The fourth-order valence-electron chi connectivity index (χ4n) is 2.84. The van der Waals surface area contributed by atoms with Gasteiger partial charge in [0.2, 0.25) is 0 Å². The van der Waals surface area contributed by atoms with E-state index in [1.165, 1.54) is 6.42 Å². The number of unbranched alkanes of at least 4 members (excludes halogenated alkanes) is 1. The number of likely N-dealkylation sites (tertiary alicyclic amines) is 1. The first-order valence-electron chi connectivity index (χ1n) is 7.70. The fraction of sp³-hybridized carbons (Fsp3) is 0.933. The maximum absolute atomic E-state index is 5.34. The zero-order valence-electron chi connectivity index (χ0n) is 13.5. The summed E-state index contributed by atoms with van der Waals surface area (Å²) in [7, 11) is 1.88. The van der Waals surface area contributed by atoms with Crippen LogP contribution in [0.5, 0.6) is 0 Å². The van der Waals surface area contributed by atoms with E-state index in [1.807, 2.05) is 14.0 Å². The van der Waals surface area contributed by atoms with Gasteiger partial charge in [-0.05, 0) is 38.0 Å². The van der Waals surface area contributed by atoms with E-state index in [0.717, 1.165) is 63.5 Å². The largest absolute Gasteiger partial charge is 0.382 e. The molecule has 1 aliphatic heterocycles. The lowest BCUT2D eigenvalue weighted by molar-refractivity contribution is 0.143. The summed E-state index contributed by atoms with van der Waals surface area (Å²) in [4.78, 5) is 6.82. The lowest BCUT2D eigenvalue weighted by atomic mass is 9.92. The van der Waals surface area contributed by atoms with E-state index in [0.29, 0.717) is 0 Å². The number of rotatable bonds is 6. The molecule has 0 saturated carbocycles. The number of hydrogen-bond donors (Lipinski definition) is 1. The minimum atomic E-state index is 0. The van der Waals surface area contributed by atoms with E-state index in [-0.39, 0.29) is 24.0 Å². The predicted molar refractivity (Wildman–Crippen MR) is 97.0 cm³/mol. The zero-order valence-corrected chi connectivity index (χ0v) is 15.9. The number of halogens is 1. The summed E-state index contributed by atoms with van der Waals surface area (Å²) in [5.41, 5.74) is 0. The quantitative estimate of drug-likeness (QED) is 0.324. The minimum Gasteiger partial charge on any atom is -0.382 e. The van der Waals surface area contributed by atoms with Crippen molar-refractivity contribution < 1.29 is 4.74 Å². The zero-order chi connectivity index (χ0) is 14.1. The van der Waals surface area contributed by atoms with Crippen LogP contribution < -0.4 is 5.32 Å². The number of guanidine groups is 1. The average molecular weight is 397 g/mol. The molecule has 1 N–H and O–H groups in total. The van der Waals surface area contributed by atoms with Crippen LogP contribution in [0.1, 0.15) is 40.0 Å². The molecule has 2 atom stereocenters. The molecule has 0 aromatic carbocycles. The van der Waals surface area contributed by atoms with Gasteiger partial charge in [-0.15, -0.1) is 24.0 Å². The van der Waals surface area contributed by atoms with Crippen molar-refractivity contribution in [2.45, 2.75) is 40.0 Å². The van der Waals surface area contributed by atoms with Crippen molar-refractivity contribution in [3.8, 4) is 0 Å². The summed E-state index contributed by atoms with van der Waals surface area (Å²) in [6.45, 7) is 11.6. The van der Waals surface area contributed by atoms with Crippen LogP contribution in [-0.4, -0.2) is 50.8 Å². The van der Waals surface area contributed by atoms with Gasteiger partial charge >= 0.3 is 0 Å². The van der Waals surface area contributed by atoms with Gasteiger partial charge in [-0.1, -0.05) is 13.8 Å². The molecule has 4 nitrogen and oxygen atoms in total. The highest BCUT2D eigenvalue weighted by Crippen LogP contribution is 2.20. The van der Waals surface area contributed by atoms with Crippen LogP contribution in [-0.2, 0) is 4.74 Å². The van der Waals surface area contributed by atoms with Gasteiger partial charge in [0.15, 0.2) is 5.96 Å². The lowest BCUT2D eigenvalue weighted by Gasteiger charge is -2.37. The summed E-state index contributed by atoms with van der Waals surface area (Å²) in [6, 6.07) is 0. The number of piperidine rings is 1. The second-order valence-corrected chi connectivity index (χ2v) is 5.73. The van der Waals surface area contributed by atoms with Crippen molar-refractivity contribution in [1.82, 2.24) is 10.2 Å². The molecule has 0 aliphatic carbocycles. The molecular weight excluding hydrogens is 365 g/mol. The van der Waals surface area contributed by atoms with E-state index in [4.69, 9.17) is 4.74 Å².